The topological polar surface area (TPSA) is 52.6 Å². The van der Waals surface area contributed by atoms with Crippen molar-refractivity contribution in [3.8, 4) is 0 Å². The Morgan fingerprint density at radius 1 is 1.40 bits per heavy atom. The minimum atomic E-state index is -0.895. The van der Waals surface area contributed by atoms with Crippen molar-refractivity contribution < 1.29 is 9.90 Å². The number of benzene rings is 1. The predicted octanol–water partition coefficient (Wildman–Crippen LogP) is 2.29. The lowest BCUT2D eigenvalue weighted by atomic mass is 10.1. The molecule has 1 fully saturated rings. The number of halogens is 1. The van der Waals surface area contributed by atoms with Gasteiger partial charge < -0.3 is 15.3 Å². The summed E-state index contributed by atoms with van der Waals surface area (Å²) >= 11 is 5.45. The first-order valence-electron chi connectivity index (χ1n) is 6.69. The molecule has 0 atom stereocenters. The fraction of sp³-hybridized carbons (Fsp3) is 0.500. The Kier molecular flexibility index (Phi) is 6.35. The van der Waals surface area contributed by atoms with Crippen LogP contribution in [0.4, 0.5) is 0 Å². The molecule has 4 nitrogen and oxygen atoms in total. The Hall–Kier alpha value is -0.560. The van der Waals surface area contributed by atoms with Gasteiger partial charge in [-0.1, -0.05) is 22.0 Å². The molecular weight excluding hydrogens is 340 g/mol. The van der Waals surface area contributed by atoms with Gasteiger partial charge in [-0.15, -0.1) is 0 Å². The third-order valence-electron chi connectivity index (χ3n) is 3.32. The molecule has 1 aliphatic rings. The molecule has 0 bridgehead atoms. The first kappa shape index (κ1) is 15.8. The van der Waals surface area contributed by atoms with Crippen LogP contribution < -0.4 is 5.32 Å². The van der Waals surface area contributed by atoms with Crippen LogP contribution in [0.25, 0.3) is 0 Å². The van der Waals surface area contributed by atoms with Crippen molar-refractivity contribution in [2.75, 3.05) is 37.7 Å². The van der Waals surface area contributed by atoms with Crippen molar-refractivity contribution in [2.45, 2.75) is 6.54 Å². The molecule has 0 unspecified atom stereocenters. The Balaban J connectivity index is 1.74. The third kappa shape index (κ3) is 4.77. The Labute approximate surface area is 132 Å². The maximum atomic E-state index is 10.9. The summed E-state index contributed by atoms with van der Waals surface area (Å²) in [5, 5.41) is 12.3. The van der Waals surface area contributed by atoms with E-state index < -0.39 is 5.97 Å². The van der Waals surface area contributed by atoms with Crippen LogP contribution in [-0.2, 0) is 6.54 Å². The fourth-order valence-electron chi connectivity index (χ4n) is 2.11. The molecule has 2 N–H and O–H groups in total. The molecule has 2 rings (SSSR count). The summed E-state index contributed by atoms with van der Waals surface area (Å²) in [4.78, 5) is 13.3. The molecule has 1 aromatic rings. The number of carboxylic acids is 1. The largest absolute Gasteiger partial charge is 0.478 e. The summed E-state index contributed by atoms with van der Waals surface area (Å²) < 4.78 is 0.847. The smallest absolute Gasteiger partial charge is 0.335 e. The maximum absolute atomic E-state index is 10.9. The van der Waals surface area contributed by atoms with E-state index in [0.29, 0.717) is 5.56 Å². The first-order valence-corrected chi connectivity index (χ1v) is 8.64. The molecule has 0 aliphatic carbocycles. The van der Waals surface area contributed by atoms with Gasteiger partial charge in [0.25, 0.3) is 0 Å². The third-order valence-corrected chi connectivity index (χ3v) is 5.00. The van der Waals surface area contributed by atoms with Gasteiger partial charge in [-0.05, 0) is 17.7 Å². The summed E-state index contributed by atoms with van der Waals surface area (Å²) in [6.45, 7) is 5.15. The van der Waals surface area contributed by atoms with E-state index in [1.165, 1.54) is 24.6 Å². The Bertz CT molecular complexity index is 464. The van der Waals surface area contributed by atoms with Crippen LogP contribution in [0.3, 0.4) is 0 Å². The number of aromatic carboxylic acids is 1. The van der Waals surface area contributed by atoms with Crippen LogP contribution in [0.1, 0.15) is 15.9 Å². The SMILES string of the molecule is O=C(O)c1ccc(CNCCN2CCSCC2)c(Br)c1. The van der Waals surface area contributed by atoms with Gasteiger partial charge in [0.05, 0.1) is 5.56 Å². The molecule has 1 heterocycles. The van der Waals surface area contributed by atoms with Crippen LogP contribution in [0, 0.1) is 0 Å². The standard InChI is InChI=1S/C14H19BrN2O2S/c15-13-9-11(14(18)19)1-2-12(13)10-16-3-4-17-5-7-20-8-6-17/h1-2,9,16H,3-8,10H2,(H,18,19). The number of thioether (sulfide) groups is 1. The molecule has 0 amide bonds. The lowest BCUT2D eigenvalue weighted by Gasteiger charge is -2.26. The molecule has 1 aromatic carbocycles. The van der Waals surface area contributed by atoms with E-state index >= 15 is 0 Å². The maximum Gasteiger partial charge on any atom is 0.335 e. The molecule has 0 spiro atoms. The fourth-order valence-corrected chi connectivity index (χ4v) is 3.61. The second kappa shape index (κ2) is 8.02. The average molecular weight is 359 g/mol. The van der Waals surface area contributed by atoms with E-state index in [1.807, 2.05) is 17.8 Å². The summed E-state index contributed by atoms with van der Waals surface area (Å²) in [5.74, 6) is 1.58. The van der Waals surface area contributed by atoms with E-state index in [2.05, 4.69) is 26.1 Å². The zero-order valence-corrected chi connectivity index (χ0v) is 13.7. The zero-order chi connectivity index (χ0) is 14.4. The van der Waals surface area contributed by atoms with Crippen LogP contribution in [0.5, 0.6) is 0 Å². The van der Waals surface area contributed by atoms with Crippen LogP contribution in [-0.4, -0.2) is 53.7 Å². The molecule has 20 heavy (non-hydrogen) atoms. The van der Waals surface area contributed by atoms with Gasteiger partial charge in [0, 0.05) is 48.7 Å². The van der Waals surface area contributed by atoms with Gasteiger partial charge in [0.2, 0.25) is 0 Å². The molecule has 110 valence electrons. The molecule has 0 radical (unpaired) electrons. The minimum Gasteiger partial charge on any atom is -0.478 e. The van der Waals surface area contributed by atoms with E-state index in [4.69, 9.17) is 5.11 Å². The van der Waals surface area contributed by atoms with Gasteiger partial charge in [0.1, 0.15) is 0 Å². The quantitative estimate of drug-likeness (QED) is 0.764. The van der Waals surface area contributed by atoms with Crippen LogP contribution in [0.15, 0.2) is 22.7 Å². The van der Waals surface area contributed by atoms with Gasteiger partial charge in [-0.25, -0.2) is 4.79 Å². The number of nitrogens with one attached hydrogen (secondary N) is 1. The van der Waals surface area contributed by atoms with Gasteiger partial charge in [-0.2, -0.15) is 11.8 Å². The number of hydrogen-bond donors (Lipinski definition) is 2. The molecule has 6 heteroatoms. The number of rotatable bonds is 6. The highest BCUT2D eigenvalue weighted by Gasteiger charge is 2.10. The number of hydrogen-bond acceptors (Lipinski definition) is 4. The normalized spacial score (nSPS) is 16.2. The number of nitrogens with zero attached hydrogens (tertiary/aromatic N) is 1. The number of carboxylic acid groups (broad SMARTS) is 1. The second-order valence-corrected chi connectivity index (χ2v) is 6.82. The predicted molar refractivity (Wildman–Crippen MR) is 86.6 cm³/mol. The Morgan fingerprint density at radius 2 is 2.15 bits per heavy atom. The van der Waals surface area contributed by atoms with Crippen molar-refractivity contribution in [2.24, 2.45) is 0 Å². The van der Waals surface area contributed by atoms with Crippen molar-refractivity contribution >= 4 is 33.7 Å². The zero-order valence-electron chi connectivity index (χ0n) is 11.3. The molecule has 0 aromatic heterocycles. The molecule has 1 saturated heterocycles. The highest BCUT2D eigenvalue weighted by atomic mass is 79.9. The van der Waals surface area contributed by atoms with Gasteiger partial charge >= 0.3 is 5.97 Å². The summed E-state index contributed by atoms with van der Waals surface area (Å²) in [7, 11) is 0. The first-order chi connectivity index (χ1) is 9.66. The van der Waals surface area contributed by atoms with Crippen LogP contribution >= 0.6 is 27.7 Å². The molecule has 0 saturated carbocycles. The second-order valence-electron chi connectivity index (χ2n) is 4.74. The molecular formula is C14H19BrN2O2S. The van der Waals surface area contributed by atoms with Crippen LogP contribution in [0.2, 0.25) is 0 Å². The summed E-state index contributed by atoms with van der Waals surface area (Å²) in [6, 6.07) is 5.16. The van der Waals surface area contributed by atoms with Crippen molar-refractivity contribution in [1.82, 2.24) is 10.2 Å². The lowest BCUT2D eigenvalue weighted by molar-refractivity contribution is 0.0697. The van der Waals surface area contributed by atoms with Crippen molar-refractivity contribution in [1.29, 1.82) is 0 Å². The summed E-state index contributed by atoms with van der Waals surface area (Å²) in [6.07, 6.45) is 0. The average Bonchev–Trinajstić information content (AvgIpc) is 2.46. The van der Waals surface area contributed by atoms with Crippen molar-refractivity contribution in [3.63, 3.8) is 0 Å². The highest BCUT2D eigenvalue weighted by molar-refractivity contribution is 9.10. The lowest BCUT2D eigenvalue weighted by Crippen LogP contribution is -2.37. The molecule has 1 aliphatic heterocycles. The van der Waals surface area contributed by atoms with E-state index in [-0.39, 0.29) is 0 Å². The van der Waals surface area contributed by atoms with Gasteiger partial charge in [0.15, 0.2) is 0 Å². The minimum absolute atomic E-state index is 0.312. The van der Waals surface area contributed by atoms with E-state index in [1.54, 1.807) is 12.1 Å². The monoisotopic (exact) mass is 358 g/mol. The van der Waals surface area contributed by atoms with E-state index in [9.17, 15) is 4.79 Å². The van der Waals surface area contributed by atoms with Crippen molar-refractivity contribution in [3.05, 3.63) is 33.8 Å². The number of carbonyl (C=O) groups is 1. The van der Waals surface area contributed by atoms with Gasteiger partial charge in [-0.3, -0.25) is 0 Å². The Morgan fingerprint density at radius 3 is 2.80 bits per heavy atom. The van der Waals surface area contributed by atoms with E-state index in [0.717, 1.165) is 29.7 Å². The summed E-state index contributed by atoms with van der Waals surface area (Å²) in [5.41, 5.74) is 1.40. The highest BCUT2D eigenvalue weighted by Crippen LogP contribution is 2.18.